The third-order valence-corrected chi connectivity index (χ3v) is 3.09. The maximum absolute atomic E-state index is 5.38. The van der Waals surface area contributed by atoms with Gasteiger partial charge in [0.05, 0.1) is 6.10 Å². The zero-order chi connectivity index (χ0) is 9.19. The molecule has 1 rings (SSSR count). The van der Waals surface area contributed by atoms with Crippen molar-refractivity contribution in [2.45, 2.75) is 46.1 Å². The Morgan fingerprint density at radius 3 is 2.67 bits per heavy atom. The Bertz CT molecular complexity index is 179. The first-order valence-corrected chi connectivity index (χ1v) is 4.78. The van der Waals surface area contributed by atoms with Crippen molar-refractivity contribution in [1.29, 1.82) is 0 Å². The molecule has 0 radical (unpaired) electrons. The largest absolute Gasteiger partial charge is 0.381 e. The molecule has 0 saturated heterocycles. The summed E-state index contributed by atoms with van der Waals surface area (Å²) in [4.78, 5) is 0. The Labute approximate surface area is 75.8 Å². The summed E-state index contributed by atoms with van der Waals surface area (Å²) in [6.45, 7) is 6.79. The molecule has 1 fully saturated rings. The molecule has 0 aromatic heterocycles. The molecule has 0 heterocycles. The normalized spacial score (nSPS) is 32.3. The van der Waals surface area contributed by atoms with Crippen LogP contribution in [-0.4, -0.2) is 13.2 Å². The first-order valence-electron chi connectivity index (χ1n) is 4.78. The van der Waals surface area contributed by atoms with Crippen LogP contribution in [0, 0.1) is 5.41 Å². The van der Waals surface area contributed by atoms with Crippen molar-refractivity contribution in [3.63, 3.8) is 0 Å². The van der Waals surface area contributed by atoms with E-state index in [4.69, 9.17) is 4.74 Å². The van der Waals surface area contributed by atoms with Crippen LogP contribution in [-0.2, 0) is 4.74 Å². The van der Waals surface area contributed by atoms with Gasteiger partial charge in [0.25, 0.3) is 0 Å². The molecule has 0 bridgehead atoms. The summed E-state index contributed by atoms with van der Waals surface area (Å²) in [6.07, 6.45) is 6.31. The number of allylic oxidation sites excluding steroid dienone is 1. The van der Waals surface area contributed by atoms with E-state index < -0.39 is 0 Å². The van der Waals surface area contributed by atoms with Gasteiger partial charge >= 0.3 is 0 Å². The highest BCUT2D eigenvalue weighted by Crippen LogP contribution is 2.40. The van der Waals surface area contributed by atoms with Crippen LogP contribution >= 0.6 is 0 Å². The second-order valence-corrected chi connectivity index (χ2v) is 4.30. The molecule has 1 saturated carbocycles. The van der Waals surface area contributed by atoms with Crippen molar-refractivity contribution in [3.8, 4) is 0 Å². The quantitative estimate of drug-likeness (QED) is 0.546. The van der Waals surface area contributed by atoms with Crippen molar-refractivity contribution in [2.75, 3.05) is 7.11 Å². The van der Waals surface area contributed by atoms with Gasteiger partial charge in [0, 0.05) is 7.11 Å². The lowest BCUT2D eigenvalue weighted by Gasteiger charge is -2.36. The number of hydrogen-bond donors (Lipinski definition) is 0. The van der Waals surface area contributed by atoms with E-state index >= 15 is 0 Å². The molecule has 0 aromatic rings. The van der Waals surface area contributed by atoms with Crippen molar-refractivity contribution in [3.05, 3.63) is 11.6 Å². The van der Waals surface area contributed by atoms with Crippen LogP contribution in [0.25, 0.3) is 0 Å². The molecular weight excluding hydrogens is 148 g/mol. The predicted octanol–water partition coefficient (Wildman–Crippen LogP) is 3.16. The van der Waals surface area contributed by atoms with Crippen LogP contribution in [0.5, 0.6) is 0 Å². The molecule has 0 aromatic carbocycles. The Hall–Kier alpha value is -0.300. The predicted molar refractivity (Wildman–Crippen MR) is 52.2 cm³/mol. The minimum Gasteiger partial charge on any atom is -0.381 e. The second kappa shape index (κ2) is 3.61. The van der Waals surface area contributed by atoms with Gasteiger partial charge in [-0.15, -0.1) is 0 Å². The third-order valence-electron chi connectivity index (χ3n) is 3.09. The highest BCUT2D eigenvalue weighted by atomic mass is 16.5. The van der Waals surface area contributed by atoms with Crippen LogP contribution in [0.4, 0.5) is 0 Å². The van der Waals surface area contributed by atoms with E-state index in [0.29, 0.717) is 11.5 Å². The van der Waals surface area contributed by atoms with E-state index in [2.05, 4.69) is 26.8 Å². The first-order chi connectivity index (χ1) is 5.60. The maximum atomic E-state index is 5.38. The van der Waals surface area contributed by atoms with E-state index in [0.717, 1.165) is 6.42 Å². The maximum Gasteiger partial charge on any atom is 0.0608 e. The highest BCUT2D eigenvalue weighted by Gasteiger charge is 2.30. The fourth-order valence-electron chi connectivity index (χ4n) is 2.02. The average Bonchev–Trinajstić information content (AvgIpc) is 2.04. The molecule has 0 aliphatic heterocycles. The molecule has 1 aliphatic carbocycles. The molecule has 1 heteroatoms. The van der Waals surface area contributed by atoms with E-state index in [1.165, 1.54) is 12.8 Å². The van der Waals surface area contributed by atoms with Crippen LogP contribution in [0.15, 0.2) is 11.6 Å². The lowest BCUT2D eigenvalue weighted by molar-refractivity contribution is 0.0643. The van der Waals surface area contributed by atoms with Gasteiger partial charge < -0.3 is 4.74 Å². The van der Waals surface area contributed by atoms with Gasteiger partial charge in [-0.1, -0.05) is 25.5 Å². The average molecular weight is 168 g/mol. The Kier molecular flexibility index (Phi) is 2.94. The number of ether oxygens (including phenoxy) is 1. The summed E-state index contributed by atoms with van der Waals surface area (Å²) in [6, 6.07) is 0. The van der Waals surface area contributed by atoms with Gasteiger partial charge in [0.2, 0.25) is 0 Å². The SMILES string of the molecule is C/C=C1\CC(OC)CCC1(C)C. The molecule has 0 spiro atoms. The van der Waals surface area contributed by atoms with Crippen molar-refractivity contribution in [2.24, 2.45) is 5.41 Å². The van der Waals surface area contributed by atoms with E-state index in [9.17, 15) is 0 Å². The van der Waals surface area contributed by atoms with Gasteiger partial charge in [-0.05, 0) is 31.6 Å². The van der Waals surface area contributed by atoms with Crippen LogP contribution in [0.2, 0.25) is 0 Å². The summed E-state index contributed by atoms with van der Waals surface area (Å²) in [7, 11) is 1.82. The summed E-state index contributed by atoms with van der Waals surface area (Å²) >= 11 is 0. The lowest BCUT2D eigenvalue weighted by Crippen LogP contribution is -2.28. The lowest BCUT2D eigenvalue weighted by atomic mass is 9.72. The molecular formula is C11H20O. The summed E-state index contributed by atoms with van der Waals surface area (Å²) < 4.78 is 5.38. The molecule has 1 aliphatic rings. The zero-order valence-corrected chi connectivity index (χ0v) is 8.68. The minimum atomic E-state index is 0.407. The smallest absolute Gasteiger partial charge is 0.0608 e. The van der Waals surface area contributed by atoms with E-state index in [1.807, 2.05) is 7.11 Å². The molecule has 0 N–H and O–H groups in total. The van der Waals surface area contributed by atoms with Gasteiger partial charge in [-0.25, -0.2) is 0 Å². The Morgan fingerprint density at radius 1 is 1.50 bits per heavy atom. The number of rotatable bonds is 1. The van der Waals surface area contributed by atoms with Gasteiger partial charge in [-0.3, -0.25) is 0 Å². The molecule has 70 valence electrons. The van der Waals surface area contributed by atoms with Crippen molar-refractivity contribution < 1.29 is 4.74 Å². The van der Waals surface area contributed by atoms with Crippen LogP contribution < -0.4 is 0 Å². The third kappa shape index (κ3) is 1.89. The van der Waals surface area contributed by atoms with E-state index in [-0.39, 0.29) is 0 Å². The monoisotopic (exact) mass is 168 g/mol. The van der Waals surface area contributed by atoms with Crippen molar-refractivity contribution >= 4 is 0 Å². The molecule has 1 atom stereocenters. The highest BCUT2D eigenvalue weighted by molar-refractivity contribution is 5.15. The first kappa shape index (κ1) is 9.79. The van der Waals surface area contributed by atoms with Gasteiger partial charge in [-0.2, -0.15) is 0 Å². The van der Waals surface area contributed by atoms with Gasteiger partial charge in [0.15, 0.2) is 0 Å². The fourth-order valence-corrected chi connectivity index (χ4v) is 2.02. The molecule has 12 heavy (non-hydrogen) atoms. The topological polar surface area (TPSA) is 9.23 Å². The van der Waals surface area contributed by atoms with E-state index in [1.54, 1.807) is 5.57 Å². The number of hydrogen-bond acceptors (Lipinski definition) is 1. The zero-order valence-electron chi connectivity index (χ0n) is 8.68. The molecule has 0 amide bonds. The van der Waals surface area contributed by atoms with Crippen LogP contribution in [0.1, 0.15) is 40.0 Å². The number of methoxy groups -OCH3 is 1. The summed E-state index contributed by atoms with van der Waals surface area (Å²) in [5.74, 6) is 0. The van der Waals surface area contributed by atoms with Gasteiger partial charge in [0.1, 0.15) is 0 Å². The molecule has 1 nitrogen and oxygen atoms in total. The van der Waals surface area contributed by atoms with Crippen LogP contribution in [0.3, 0.4) is 0 Å². The Morgan fingerprint density at radius 2 is 2.17 bits per heavy atom. The molecule has 1 unspecified atom stereocenters. The Balaban J connectivity index is 2.67. The summed E-state index contributed by atoms with van der Waals surface area (Å²) in [5.41, 5.74) is 1.96. The summed E-state index contributed by atoms with van der Waals surface area (Å²) in [5, 5.41) is 0. The van der Waals surface area contributed by atoms with Crippen molar-refractivity contribution in [1.82, 2.24) is 0 Å². The second-order valence-electron chi connectivity index (χ2n) is 4.30. The minimum absolute atomic E-state index is 0.407. The standard InChI is InChI=1S/C11H20O/c1-5-9-8-10(12-4)6-7-11(9,2)3/h5,10H,6-8H2,1-4H3/b9-5+. The fraction of sp³-hybridized carbons (Fsp3) is 0.818.